The van der Waals surface area contributed by atoms with Gasteiger partial charge in [-0.15, -0.1) is 0 Å². The summed E-state index contributed by atoms with van der Waals surface area (Å²) in [6.45, 7) is 28.8. The van der Waals surface area contributed by atoms with E-state index < -0.39 is 16.6 Å². The van der Waals surface area contributed by atoms with Gasteiger partial charge in [0.1, 0.15) is 0 Å². The van der Waals surface area contributed by atoms with Crippen molar-refractivity contribution in [2.75, 3.05) is 0 Å². The van der Waals surface area contributed by atoms with Crippen molar-refractivity contribution < 1.29 is 8.85 Å². The predicted molar refractivity (Wildman–Crippen MR) is 194 cm³/mol. The molecule has 3 saturated carbocycles. The third-order valence-corrected chi connectivity index (χ3v) is 22.4. The Bertz CT molecular complexity index is 951. The summed E-state index contributed by atoms with van der Waals surface area (Å²) in [6, 6.07) is 3.95. The molecule has 250 valence electrons. The molecule has 0 aromatic rings. The summed E-state index contributed by atoms with van der Waals surface area (Å²) in [5, 5.41) is 0.236. The highest BCUT2D eigenvalue weighted by Crippen LogP contribution is 2.60. The number of allylic oxidation sites excluding steroid dienone is 3. The van der Waals surface area contributed by atoms with Gasteiger partial charge >= 0.3 is 0 Å². The molecule has 0 saturated heterocycles. The first kappa shape index (κ1) is 37.3. The molecule has 0 aromatic heterocycles. The van der Waals surface area contributed by atoms with Crippen molar-refractivity contribution in [1.82, 2.24) is 0 Å². The van der Waals surface area contributed by atoms with Gasteiger partial charge in [0.05, 0.1) is 11.7 Å². The maximum atomic E-state index is 6.94. The molecule has 0 spiro atoms. The summed E-state index contributed by atoms with van der Waals surface area (Å²) in [7, 11) is -3.36. The summed E-state index contributed by atoms with van der Waals surface area (Å²) in [5.74, 6) is 2.39. The topological polar surface area (TPSA) is 44.5 Å². The molecule has 0 aliphatic heterocycles. The van der Waals surface area contributed by atoms with Crippen LogP contribution in [0, 0.1) is 23.2 Å². The summed E-state index contributed by atoms with van der Waals surface area (Å²) in [5.41, 5.74) is 10.3. The third-order valence-electron chi connectivity index (χ3n) is 13.0. The van der Waals surface area contributed by atoms with Crippen molar-refractivity contribution in [2.24, 2.45) is 28.9 Å². The first-order valence-electron chi connectivity index (χ1n) is 18.4. The van der Waals surface area contributed by atoms with Crippen LogP contribution >= 0.6 is 0 Å². The number of fused-ring (bicyclic) bond motifs is 1. The zero-order chi connectivity index (χ0) is 32.3. The van der Waals surface area contributed by atoms with Crippen LogP contribution in [-0.4, -0.2) is 34.4 Å². The lowest BCUT2D eigenvalue weighted by atomic mass is 9.60. The highest BCUT2D eigenvalue weighted by atomic mass is 28.4. The van der Waals surface area contributed by atoms with E-state index in [0.717, 1.165) is 37.0 Å². The Kier molecular flexibility index (Phi) is 12.7. The molecule has 43 heavy (non-hydrogen) atoms. The fourth-order valence-electron chi connectivity index (χ4n) is 9.13. The average Bonchev–Trinajstić information content (AvgIpc) is 3.27. The molecule has 0 bridgehead atoms. The molecule has 3 nitrogen and oxygen atoms in total. The molecular formula is C38H73NO2Si2. The van der Waals surface area contributed by atoms with Crippen LogP contribution in [-0.2, 0) is 8.85 Å². The maximum absolute atomic E-state index is 6.94. The first-order chi connectivity index (χ1) is 19.9. The van der Waals surface area contributed by atoms with E-state index in [1.807, 2.05) is 0 Å². The Morgan fingerprint density at radius 3 is 2.26 bits per heavy atom. The first-order valence-corrected chi connectivity index (χ1v) is 23.9. The maximum Gasteiger partial charge on any atom is 0.192 e. The van der Waals surface area contributed by atoms with Gasteiger partial charge in [-0.3, -0.25) is 0 Å². The van der Waals surface area contributed by atoms with Crippen molar-refractivity contribution in [3.8, 4) is 0 Å². The lowest BCUT2D eigenvalue weighted by molar-refractivity contribution is 0.0704. The third kappa shape index (κ3) is 9.20. The largest absolute Gasteiger partial charge is 0.414 e. The van der Waals surface area contributed by atoms with Crippen molar-refractivity contribution in [3.63, 3.8) is 0 Å². The van der Waals surface area contributed by atoms with Gasteiger partial charge in [0.2, 0.25) is 0 Å². The zero-order valence-corrected chi connectivity index (χ0v) is 32.8. The summed E-state index contributed by atoms with van der Waals surface area (Å²) in [6.07, 6.45) is 19.0. The van der Waals surface area contributed by atoms with Gasteiger partial charge in [0, 0.05) is 6.04 Å². The number of hydrogen-bond donors (Lipinski definition) is 1. The van der Waals surface area contributed by atoms with Crippen LogP contribution in [0.4, 0.5) is 0 Å². The second kappa shape index (κ2) is 14.7. The normalized spacial score (nSPS) is 31.9. The van der Waals surface area contributed by atoms with Crippen LogP contribution in [0.3, 0.4) is 0 Å². The lowest BCUT2D eigenvalue weighted by Crippen LogP contribution is -2.46. The van der Waals surface area contributed by atoms with Crippen molar-refractivity contribution >= 4 is 16.6 Å². The van der Waals surface area contributed by atoms with Gasteiger partial charge in [0.25, 0.3) is 0 Å². The van der Waals surface area contributed by atoms with Crippen LogP contribution in [0.5, 0.6) is 0 Å². The molecule has 0 heterocycles. The summed E-state index contributed by atoms with van der Waals surface area (Å²) >= 11 is 0. The molecular weight excluding hydrogens is 559 g/mol. The number of rotatable bonds is 13. The standard InChI is InChI=1S/C38H73NO2Si2/c1-13-43(14-2,15-3)41-37(8,9)24-16-18-29(4)34-22-23-35-31(19-17-25-38(34,35)10)21-20-30-26-32(39)28-33(27-30)40-42(11,12)36(5,6)7/h20-21,29,32-35H,13-19,22-28,39H2,1-12H3/b30-20+,31-21+/t29-,32-,33?,34-,35+,38-/m1/s1. The lowest BCUT2D eigenvalue weighted by Gasteiger charge is -2.44. The summed E-state index contributed by atoms with van der Waals surface area (Å²) in [4.78, 5) is 0. The fourth-order valence-corrected chi connectivity index (χ4v) is 13.7. The second-order valence-corrected chi connectivity index (χ2v) is 27.0. The van der Waals surface area contributed by atoms with E-state index in [2.05, 4.69) is 94.5 Å². The molecule has 3 fully saturated rings. The Balaban J connectivity index is 1.63. The smallest absolute Gasteiger partial charge is 0.192 e. The Morgan fingerprint density at radius 2 is 1.65 bits per heavy atom. The monoisotopic (exact) mass is 632 g/mol. The molecule has 0 radical (unpaired) electrons. The number of nitrogens with two attached hydrogens (primary N) is 1. The minimum absolute atomic E-state index is 0.0146. The van der Waals surface area contributed by atoms with Gasteiger partial charge in [-0.25, -0.2) is 0 Å². The van der Waals surface area contributed by atoms with E-state index >= 15 is 0 Å². The van der Waals surface area contributed by atoms with Crippen molar-refractivity contribution in [3.05, 3.63) is 23.3 Å². The number of hydrogen-bond acceptors (Lipinski definition) is 3. The highest BCUT2D eigenvalue weighted by molar-refractivity contribution is 6.74. The van der Waals surface area contributed by atoms with E-state index in [0.29, 0.717) is 5.41 Å². The van der Waals surface area contributed by atoms with E-state index in [1.165, 1.54) is 75.1 Å². The fraction of sp³-hybridized carbons (Fsp3) is 0.895. The molecule has 3 aliphatic rings. The van der Waals surface area contributed by atoms with Crippen molar-refractivity contribution in [1.29, 1.82) is 0 Å². The van der Waals surface area contributed by atoms with E-state index in [-0.39, 0.29) is 22.8 Å². The molecule has 2 N–H and O–H groups in total. The van der Waals surface area contributed by atoms with Crippen LogP contribution in [0.25, 0.3) is 0 Å². The Hall–Kier alpha value is -0.206. The predicted octanol–water partition coefficient (Wildman–Crippen LogP) is 11.6. The minimum Gasteiger partial charge on any atom is -0.414 e. The zero-order valence-electron chi connectivity index (χ0n) is 30.8. The second-order valence-electron chi connectivity index (χ2n) is 17.5. The van der Waals surface area contributed by atoms with Gasteiger partial charge < -0.3 is 14.6 Å². The molecule has 5 heteroatoms. The van der Waals surface area contributed by atoms with Gasteiger partial charge in [-0.05, 0) is 131 Å². The quantitative estimate of drug-likeness (QED) is 0.206. The Labute approximate surface area is 270 Å². The molecule has 0 aromatic carbocycles. The van der Waals surface area contributed by atoms with Crippen molar-refractivity contribution in [2.45, 2.75) is 194 Å². The molecule has 1 unspecified atom stereocenters. The highest BCUT2D eigenvalue weighted by Gasteiger charge is 2.50. The van der Waals surface area contributed by atoms with E-state index in [1.54, 1.807) is 5.57 Å². The van der Waals surface area contributed by atoms with Gasteiger partial charge in [0.15, 0.2) is 16.6 Å². The average molecular weight is 632 g/mol. The van der Waals surface area contributed by atoms with Crippen LogP contribution < -0.4 is 5.73 Å². The molecule has 6 atom stereocenters. The Morgan fingerprint density at radius 1 is 1.00 bits per heavy atom. The molecule has 0 amide bonds. The van der Waals surface area contributed by atoms with Crippen LogP contribution in [0.1, 0.15) is 140 Å². The molecule has 3 rings (SSSR count). The van der Waals surface area contributed by atoms with E-state index in [9.17, 15) is 0 Å². The summed E-state index contributed by atoms with van der Waals surface area (Å²) < 4.78 is 13.8. The van der Waals surface area contributed by atoms with Crippen LogP contribution in [0.15, 0.2) is 23.3 Å². The molecule has 3 aliphatic carbocycles. The van der Waals surface area contributed by atoms with Crippen LogP contribution in [0.2, 0.25) is 36.3 Å². The minimum atomic E-state index is -1.79. The van der Waals surface area contributed by atoms with Gasteiger partial charge in [-0.2, -0.15) is 0 Å². The SMILES string of the molecule is CC[Si](CC)(CC)OC(C)(C)CCC[C@@H](C)[C@H]1CC[C@H]2/C(=C/C=C3/CC(O[Si](C)(C)C(C)(C)C)C[C@H](N)C3)CCC[C@]12C. The van der Waals surface area contributed by atoms with E-state index in [4.69, 9.17) is 14.6 Å². The van der Waals surface area contributed by atoms with Gasteiger partial charge in [-0.1, -0.05) is 91.5 Å².